The number of likely N-dealkylation sites (tertiary alicyclic amines) is 1. The summed E-state index contributed by atoms with van der Waals surface area (Å²) in [5.41, 5.74) is 0.878. The Hall–Kier alpha value is -2.13. The van der Waals surface area contributed by atoms with Crippen LogP contribution in [0.25, 0.3) is 0 Å². The van der Waals surface area contributed by atoms with Gasteiger partial charge in [0.05, 0.1) is 24.5 Å². The highest BCUT2D eigenvalue weighted by atomic mass is 32.2. The van der Waals surface area contributed by atoms with Crippen molar-refractivity contribution in [1.29, 1.82) is 0 Å². The van der Waals surface area contributed by atoms with E-state index < -0.39 is 21.1 Å². The van der Waals surface area contributed by atoms with E-state index >= 15 is 0 Å². The Morgan fingerprint density at radius 1 is 1.29 bits per heavy atom. The van der Waals surface area contributed by atoms with E-state index in [4.69, 9.17) is 14.6 Å². The first kappa shape index (κ1) is 22.2. The number of ether oxygens (including phenoxy) is 1. The van der Waals surface area contributed by atoms with Gasteiger partial charge in [-0.2, -0.15) is 0 Å². The lowest BCUT2D eigenvalue weighted by atomic mass is 10.00. The van der Waals surface area contributed by atoms with Gasteiger partial charge in [0.2, 0.25) is 5.91 Å². The summed E-state index contributed by atoms with van der Waals surface area (Å²) in [5.74, 6) is 0.0752. The molecule has 2 saturated heterocycles. The molecule has 1 N–H and O–H groups in total. The first-order valence-corrected chi connectivity index (χ1v) is 10.7. The molecular formula is C19H28N2O6S. The minimum absolute atomic E-state index is 0.00498. The molecular weight excluding hydrogens is 384 g/mol. The lowest BCUT2D eigenvalue weighted by Crippen LogP contribution is -2.39. The highest BCUT2D eigenvalue weighted by molar-refractivity contribution is 7.92. The fourth-order valence-electron chi connectivity index (χ4n) is 3.84. The third kappa shape index (κ3) is 5.23. The second-order valence-electron chi connectivity index (χ2n) is 7.41. The van der Waals surface area contributed by atoms with Crippen molar-refractivity contribution in [3.8, 4) is 5.75 Å². The van der Waals surface area contributed by atoms with E-state index in [0.717, 1.165) is 12.5 Å². The summed E-state index contributed by atoms with van der Waals surface area (Å²) in [6.07, 6.45) is 0.267. The lowest BCUT2D eigenvalue weighted by molar-refractivity contribution is -0.134. The van der Waals surface area contributed by atoms with Crippen LogP contribution in [-0.2, 0) is 25.8 Å². The molecule has 1 aromatic carbocycles. The smallest absolute Gasteiger partial charge is 0.300 e. The number of hydrogen-bond donors (Lipinski definition) is 1. The molecule has 28 heavy (non-hydrogen) atoms. The summed E-state index contributed by atoms with van der Waals surface area (Å²) in [6.45, 7) is 1.93. The van der Waals surface area contributed by atoms with Crippen LogP contribution in [0.1, 0.15) is 12.5 Å². The van der Waals surface area contributed by atoms with Crippen molar-refractivity contribution < 1.29 is 27.9 Å². The number of sulfone groups is 1. The molecule has 0 bridgehead atoms. The maximum Gasteiger partial charge on any atom is 0.300 e. The predicted octanol–water partition coefficient (Wildman–Crippen LogP) is 0.514. The summed E-state index contributed by atoms with van der Waals surface area (Å²) in [7, 11) is 2.28. The normalized spacial score (nSPS) is 25.0. The molecule has 0 saturated carbocycles. The fraction of sp³-hybridized carbons (Fsp3) is 0.579. The molecule has 2 fully saturated rings. The molecule has 1 aromatic rings. The Balaban J connectivity index is 0.000000640. The standard InChI is InChI=1S/C17H24N2O4S.C2H4O2/c1-18(2)15-11-24(21,22)16-10-19(9-14(15)16)17(20)8-12-5-4-6-13(7-12)23-3;1-2(3)4/h4-7,14-16H,8-11H2,1-3H3;1H3,(H,3,4)/t14-,15+,16-;/m0./s1. The number of rotatable bonds is 4. The molecule has 2 aliphatic rings. The average Bonchev–Trinajstić information content (AvgIpc) is 3.14. The summed E-state index contributed by atoms with van der Waals surface area (Å²) in [6, 6.07) is 7.41. The maximum absolute atomic E-state index is 12.6. The van der Waals surface area contributed by atoms with Crippen LogP contribution in [-0.4, -0.2) is 86.5 Å². The summed E-state index contributed by atoms with van der Waals surface area (Å²) in [5, 5.41) is 7.00. The highest BCUT2D eigenvalue weighted by Crippen LogP contribution is 2.36. The van der Waals surface area contributed by atoms with Gasteiger partial charge in [-0.1, -0.05) is 12.1 Å². The zero-order chi connectivity index (χ0) is 21.1. The number of benzene rings is 1. The first-order valence-electron chi connectivity index (χ1n) is 9.03. The molecule has 0 unspecified atom stereocenters. The topological polar surface area (TPSA) is 104 Å². The lowest BCUT2D eigenvalue weighted by Gasteiger charge is -2.25. The van der Waals surface area contributed by atoms with Gasteiger partial charge >= 0.3 is 0 Å². The van der Waals surface area contributed by atoms with Crippen molar-refractivity contribution in [2.75, 3.05) is 40.0 Å². The molecule has 2 aliphatic heterocycles. The van der Waals surface area contributed by atoms with Crippen LogP contribution in [0, 0.1) is 5.92 Å². The number of carboxylic acid groups (broad SMARTS) is 1. The highest BCUT2D eigenvalue weighted by Gasteiger charge is 2.53. The second kappa shape index (κ2) is 8.91. The van der Waals surface area contributed by atoms with Gasteiger partial charge in [0.15, 0.2) is 9.84 Å². The largest absolute Gasteiger partial charge is 0.497 e. The molecule has 0 aromatic heterocycles. The van der Waals surface area contributed by atoms with Crippen molar-refractivity contribution in [2.45, 2.75) is 24.6 Å². The van der Waals surface area contributed by atoms with Crippen molar-refractivity contribution in [3.63, 3.8) is 0 Å². The summed E-state index contributed by atoms with van der Waals surface area (Å²) >= 11 is 0. The Kier molecular flexibility index (Phi) is 7.06. The van der Waals surface area contributed by atoms with Crippen LogP contribution < -0.4 is 4.74 Å². The number of hydrogen-bond acceptors (Lipinski definition) is 6. The van der Waals surface area contributed by atoms with E-state index in [1.807, 2.05) is 43.3 Å². The number of carbonyl (C=O) groups excluding carboxylic acids is 1. The van der Waals surface area contributed by atoms with Crippen LogP contribution >= 0.6 is 0 Å². The quantitative estimate of drug-likeness (QED) is 0.768. The third-order valence-electron chi connectivity index (χ3n) is 5.17. The fourth-order valence-corrected chi connectivity index (χ4v) is 6.31. The van der Waals surface area contributed by atoms with E-state index in [9.17, 15) is 13.2 Å². The number of aliphatic carboxylic acids is 1. The zero-order valence-corrected chi connectivity index (χ0v) is 17.5. The molecule has 1 amide bonds. The number of fused-ring (bicyclic) bond motifs is 1. The third-order valence-corrected chi connectivity index (χ3v) is 7.40. The van der Waals surface area contributed by atoms with Crippen LogP contribution in [0.4, 0.5) is 0 Å². The van der Waals surface area contributed by atoms with Gasteiger partial charge in [-0.25, -0.2) is 8.42 Å². The molecule has 156 valence electrons. The Bertz CT molecular complexity index is 819. The minimum atomic E-state index is -3.12. The minimum Gasteiger partial charge on any atom is -0.497 e. The SMILES string of the molecule is CC(=O)O.COc1cccc(CC(=O)N2C[C@H]3[C@H](N(C)C)CS(=O)(=O)[C@H]3C2)c1. The van der Waals surface area contributed by atoms with Gasteiger partial charge in [0.1, 0.15) is 5.75 Å². The Labute approximate surface area is 166 Å². The van der Waals surface area contributed by atoms with E-state index in [1.165, 1.54) is 0 Å². The van der Waals surface area contributed by atoms with Gasteiger partial charge in [-0.05, 0) is 31.8 Å². The molecule has 9 heteroatoms. The van der Waals surface area contributed by atoms with Crippen LogP contribution in [0.5, 0.6) is 5.75 Å². The van der Waals surface area contributed by atoms with Crippen molar-refractivity contribution >= 4 is 21.7 Å². The number of carboxylic acids is 1. The maximum atomic E-state index is 12.6. The predicted molar refractivity (Wildman–Crippen MR) is 105 cm³/mol. The van der Waals surface area contributed by atoms with Gasteiger partial charge in [-0.3, -0.25) is 9.59 Å². The monoisotopic (exact) mass is 412 g/mol. The van der Waals surface area contributed by atoms with Crippen molar-refractivity contribution in [1.82, 2.24) is 9.80 Å². The van der Waals surface area contributed by atoms with Crippen LogP contribution in [0.15, 0.2) is 24.3 Å². The molecule has 8 nitrogen and oxygen atoms in total. The number of nitrogens with zero attached hydrogens (tertiary/aromatic N) is 2. The van der Waals surface area contributed by atoms with Crippen molar-refractivity contribution in [2.24, 2.45) is 5.92 Å². The summed E-state index contributed by atoms with van der Waals surface area (Å²) < 4.78 is 30.0. The van der Waals surface area contributed by atoms with Gasteiger partial charge < -0.3 is 19.6 Å². The molecule has 0 spiro atoms. The molecule has 3 rings (SSSR count). The van der Waals surface area contributed by atoms with Gasteiger partial charge in [0, 0.05) is 32.0 Å². The van der Waals surface area contributed by atoms with Gasteiger partial charge in [0.25, 0.3) is 5.97 Å². The number of methoxy groups -OCH3 is 1. The molecule has 0 aliphatic carbocycles. The van der Waals surface area contributed by atoms with Crippen LogP contribution in [0.3, 0.4) is 0 Å². The van der Waals surface area contributed by atoms with Gasteiger partial charge in [-0.15, -0.1) is 0 Å². The molecule has 0 radical (unpaired) electrons. The van der Waals surface area contributed by atoms with E-state index in [0.29, 0.717) is 18.8 Å². The zero-order valence-electron chi connectivity index (χ0n) is 16.7. The molecule has 2 heterocycles. The Morgan fingerprint density at radius 3 is 2.50 bits per heavy atom. The Morgan fingerprint density at radius 2 is 1.93 bits per heavy atom. The van der Waals surface area contributed by atoms with E-state index in [-0.39, 0.29) is 30.0 Å². The van der Waals surface area contributed by atoms with E-state index in [1.54, 1.807) is 12.0 Å². The van der Waals surface area contributed by atoms with Crippen LogP contribution in [0.2, 0.25) is 0 Å². The average molecular weight is 413 g/mol. The summed E-state index contributed by atoms with van der Waals surface area (Å²) in [4.78, 5) is 25.3. The van der Waals surface area contributed by atoms with Crippen molar-refractivity contribution in [3.05, 3.63) is 29.8 Å². The van der Waals surface area contributed by atoms with E-state index in [2.05, 4.69) is 0 Å². The number of amides is 1. The second-order valence-corrected chi connectivity index (χ2v) is 9.67. The molecule has 3 atom stereocenters. The first-order chi connectivity index (χ1) is 13.0. The number of carbonyl (C=O) groups is 2.